The Hall–Kier alpha value is -1.06. The first-order chi connectivity index (χ1) is 9.19. The average molecular weight is 300 g/mol. The molecule has 0 amide bonds. The highest BCUT2D eigenvalue weighted by Crippen LogP contribution is 2.30. The van der Waals surface area contributed by atoms with E-state index in [0.717, 1.165) is 24.9 Å². The Morgan fingerprint density at radius 2 is 2.16 bits per heavy atom. The summed E-state index contributed by atoms with van der Waals surface area (Å²) in [5.74, 6) is 0.317. The molecular formula is C14H19Cl2N3. The van der Waals surface area contributed by atoms with Crippen LogP contribution in [0.15, 0.2) is 28.3 Å². The van der Waals surface area contributed by atoms with Crippen molar-refractivity contribution in [2.24, 2.45) is 10.1 Å². The summed E-state index contributed by atoms with van der Waals surface area (Å²) in [7, 11) is 0. The van der Waals surface area contributed by atoms with Gasteiger partial charge in [-0.15, -0.1) is 0 Å². The second-order valence-corrected chi connectivity index (χ2v) is 5.01. The third-order valence-corrected chi connectivity index (χ3v) is 3.30. The van der Waals surface area contributed by atoms with E-state index in [1.807, 2.05) is 19.1 Å². The molecule has 1 rings (SSSR count). The van der Waals surface area contributed by atoms with Crippen molar-refractivity contribution in [3.63, 3.8) is 0 Å². The van der Waals surface area contributed by atoms with Gasteiger partial charge in [-0.2, -0.15) is 5.10 Å². The second kappa shape index (κ2) is 8.94. The number of aliphatic imine (C=N–C) groups is 1. The van der Waals surface area contributed by atoms with E-state index in [4.69, 9.17) is 23.2 Å². The third-order valence-electron chi connectivity index (χ3n) is 2.74. The van der Waals surface area contributed by atoms with Crippen molar-refractivity contribution >= 4 is 35.8 Å². The molecule has 0 spiro atoms. The molecule has 19 heavy (non-hydrogen) atoms. The number of nitrogens with one attached hydrogen (secondary N) is 1. The fourth-order valence-corrected chi connectivity index (χ4v) is 2.42. The number of hydrogen-bond acceptors (Lipinski definition) is 2. The molecule has 3 nitrogen and oxygen atoms in total. The first-order valence-corrected chi connectivity index (χ1v) is 7.11. The maximum absolute atomic E-state index is 6.25. The Morgan fingerprint density at radius 1 is 1.37 bits per heavy atom. The van der Waals surface area contributed by atoms with Crippen LogP contribution in [0.1, 0.15) is 38.2 Å². The lowest BCUT2D eigenvalue weighted by molar-refractivity contribution is 0.559. The van der Waals surface area contributed by atoms with E-state index < -0.39 is 0 Å². The first-order valence-electron chi connectivity index (χ1n) is 6.36. The standard InChI is InChI=1S/C14H19Cl2N3/c1-3-5-11(9-18-19-10-17-4-2)13-7-6-12(15)8-14(13)16/h4,6-8,10-11,18H,3,5,9H2,1-2H3/b17-4?,19-10-. The van der Waals surface area contributed by atoms with E-state index in [0.29, 0.717) is 16.0 Å². The highest BCUT2D eigenvalue weighted by Gasteiger charge is 2.13. The van der Waals surface area contributed by atoms with Crippen molar-refractivity contribution in [3.05, 3.63) is 33.8 Å². The monoisotopic (exact) mass is 299 g/mol. The lowest BCUT2D eigenvalue weighted by Gasteiger charge is -2.17. The highest BCUT2D eigenvalue weighted by molar-refractivity contribution is 6.35. The third kappa shape index (κ3) is 5.62. The summed E-state index contributed by atoms with van der Waals surface area (Å²) in [6.45, 7) is 4.73. The van der Waals surface area contributed by atoms with Crippen LogP contribution < -0.4 is 5.43 Å². The van der Waals surface area contributed by atoms with Gasteiger partial charge in [0.05, 0.1) is 0 Å². The molecule has 0 aliphatic heterocycles. The van der Waals surface area contributed by atoms with Crippen molar-refractivity contribution in [1.29, 1.82) is 0 Å². The van der Waals surface area contributed by atoms with E-state index in [1.54, 1.807) is 12.3 Å². The topological polar surface area (TPSA) is 36.8 Å². The van der Waals surface area contributed by atoms with Gasteiger partial charge in [-0.05, 0) is 31.0 Å². The lowest BCUT2D eigenvalue weighted by Crippen LogP contribution is -2.17. The predicted octanol–water partition coefficient (Wildman–Crippen LogP) is 4.50. The van der Waals surface area contributed by atoms with Crippen molar-refractivity contribution < 1.29 is 0 Å². The highest BCUT2D eigenvalue weighted by atomic mass is 35.5. The molecule has 0 aliphatic rings. The van der Waals surface area contributed by atoms with Crippen LogP contribution in [-0.4, -0.2) is 19.1 Å². The number of nitrogens with zero attached hydrogens (tertiary/aromatic N) is 2. The van der Waals surface area contributed by atoms with Crippen LogP contribution in [0.3, 0.4) is 0 Å². The van der Waals surface area contributed by atoms with Crippen LogP contribution in [0, 0.1) is 0 Å². The molecule has 0 fully saturated rings. The van der Waals surface area contributed by atoms with Gasteiger partial charge in [-0.3, -0.25) is 0 Å². The van der Waals surface area contributed by atoms with Crippen molar-refractivity contribution in [2.45, 2.75) is 32.6 Å². The van der Waals surface area contributed by atoms with Gasteiger partial charge in [0.1, 0.15) is 6.34 Å². The summed E-state index contributed by atoms with van der Waals surface area (Å²) in [5.41, 5.74) is 4.12. The van der Waals surface area contributed by atoms with E-state index in [-0.39, 0.29) is 0 Å². The fraction of sp³-hybridized carbons (Fsp3) is 0.429. The van der Waals surface area contributed by atoms with Crippen LogP contribution in [0.25, 0.3) is 0 Å². The summed E-state index contributed by atoms with van der Waals surface area (Å²) in [5, 5.41) is 5.38. The van der Waals surface area contributed by atoms with Gasteiger partial charge < -0.3 is 5.43 Å². The number of rotatable bonds is 7. The first kappa shape index (κ1) is 16.0. The normalized spacial score (nSPS) is 13.3. The van der Waals surface area contributed by atoms with Crippen molar-refractivity contribution in [2.75, 3.05) is 6.54 Å². The Balaban J connectivity index is 2.70. The fourth-order valence-electron chi connectivity index (χ4n) is 1.85. The minimum atomic E-state index is 0.317. The Labute approximate surface area is 124 Å². The predicted molar refractivity (Wildman–Crippen MR) is 84.8 cm³/mol. The molecule has 1 atom stereocenters. The zero-order valence-electron chi connectivity index (χ0n) is 11.2. The lowest BCUT2D eigenvalue weighted by atomic mass is 9.94. The van der Waals surface area contributed by atoms with E-state index >= 15 is 0 Å². The van der Waals surface area contributed by atoms with Crippen LogP contribution in [-0.2, 0) is 0 Å². The largest absolute Gasteiger partial charge is 0.308 e. The maximum atomic E-state index is 6.25. The molecule has 1 unspecified atom stereocenters. The van der Waals surface area contributed by atoms with Gasteiger partial charge in [0.15, 0.2) is 0 Å². The molecule has 1 aromatic rings. The zero-order chi connectivity index (χ0) is 14.1. The molecule has 0 bridgehead atoms. The van der Waals surface area contributed by atoms with Crippen molar-refractivity contribution in [3.8, 4) is 0 Å². The molecule has 1 aromatic carbocycles. The number of benzene rings is 1. The molecule has 0 heterocycles. The minimum absolute atomic E-state index is 0.317. The van der Waals surface area contributed by atoms with Crippen LogP contribution in [0.4, 0.5) is 0 Å². The number of hydrogen-bond donors (Lipinski definition) is 1. The Bertz CT molecular complexity index is 444. The Kier molecular flexibility index (Phi) is 7.53. The van der Waals surface area contributed by atoms with Gasteiger partial charge in [-0.25, -0.2) is 4.99 Å². The second-order valence-electron chi connectivity index (χ2n) is 4.17. The van der Waals surface area contributed by atoms with Gasteiger partial charge in [0.25, 0.3) is 0 Å². The van der Waals surface area contributed by atoms with Crippen LogP contribution in [0.5, 0.6) is 0 Å². The van der Waals surface area contributed by atoms with Gasteiger partial charge in [-0.1, -0.05) is 42.6 Å². The van der Waals surface area contributed by atoms with Gasteiger partial charge in [0, 0.05) is 28.7 Å². The van der Waals surface area contributed by atoms with Crippen molar-refractivity contribution in [1.82, 2.24) is 5.43 Å². The molecule has 0 saturated carbocycles. The number of halogens is 2. The quantitative estimate of drug-likeness (QED) is 0.449. The molecule has 104 valence electrons. The van der Waals surface area contributed by atoms with E-state index in [1.165, 1.54) is 6.34 Å². The van der Waals surface area contributed by atoms with E-state index in [9.17, 15) is 0 Å². The summed E-state index contributed by atoms with van der Waals surface area (Å²) in [6.07, 6.45) is 5.31. The van der Waals surface area contributed by atoms with E-state index in [2.05, 4.69) is 22.4 Å². The summed E-state index contributed by atoms with van der Waals surface area (Å²) in [6, 6.07) is 5.64. The molecule has 1 N–H and O–H groups in total. The van der Waals surface area contributed by atoms with Gasteiger partial charge in [0.2, 0.25) is 0 Å². The average Bonchev–Trinajstić information content (AvgIpc) is 2.38. The zero-order valence-corrected chi connectivity index (χ0v) is 12.7. The molecule has 5 heteroatoms. The molecule has 0 saturated heterocycles. The Morgan fingerprint density at radius 3 is 2.79 bits per heavy atom. The summed E-state index contributed by atoms with van der Waals surface area (Å²) >= 11 is 12.2. The van der Waals surface area contributed by atoms with Gasteiger partial charge >= 0.3 is 0 Å². The molecular weight excluding hydrogens is 281 g/mol. The minimum Gasteiger partial charge on any atom is -0.308 e. The SMILES string of the molecule is CC=N/C=N\NCC(CCC)c1ccc(Cl)cc1Cl. The number of hydrazone groups is 1. The molecule has 0 aromatic heterocycles. The summed E-state index contributed by atoms with van der Waals surface area (Å²) < 4.78 is 0. The maximum Gasteiger partial charge on any atom is 0.134 e. The van der Waals surface area contributed by atoms with Crippen LogP contribution >= 0.6 is 23.2 Å². The molecule has 0 aliphatic carbocycles. The summed E-state index contributed by atoms with van der Waals surface area (Å²) in [4.78, 5) is 3.89. The smallest absolute Gasteiger partial charge is 0.134 e. The van der Waals surface area contributed by atoms with Crippen LogP contribution in [0.2, 0.25) is 10.0 Å². The molecule has 0 radical (unpaired) electrons.